The number of aryl methyl sites for hydroxylation is 1. The van der Waals surface area contributed by atoms with Crippen molar-refractivity contribution in [2.24, 2.45) is 0 Å². The quantitative estimate of drug-likeness (QED) is 0.634. The molecule has 1 atom stereocenters. The van der Waals surface area contributed by atoms with Gasteiger partial charge in [0.1, 0.15) is 17.5 Å². The summed E-state index contributed by atoms with van der Waals surface area (Å²) in [6.07, 6.45) is 0.620. The van der Waals surface area contributed by atoms with Crippen molar-refractivity contribution in [1.29, 1.82) is 0 Å². The molecule has 3 aromatic rings. The number of aromatic nitrogens is 2. The average Bonchev–Trinajstić information content (AvgIpc) is 2.83. The highest BCUT2D eigenvalue weighted by Crippen LogP contribution is 2.38. The van der Waals surface area contributed by atoms with E-state index in [1.165, 1.54) is 12.1 Å². The van der Waals surface area contributed by atoms with E-state index in [1.807, 2.05) is 24.9 Å². The first-order chi connectivity index (χ1) is 13.4. The van der Waals surface area contributed by atoms with Gasteiger partial charge in [-0.25, -0.2) is 13.2 Å². The van der Waals surface area contributed by atoms with Crippen molar-refractivity contribution in [2.75, 3.05) is 13.6 Å². The molecule has 1 aliphatic rings. The van der Waals surface area contributed by atoms with Gasteiger partial charge in [-0.05, 0) is 62.3 Å². The number of hydrogen-bond donors (Lipinski definition) is 0. The largest absolute Gasteiger partial charge is 0.302 e. The highest BCUT2D eigenvalue weighted by atomic mass is 19.1. The van der Waals surface area contributed by atoms with Crippen LogP contribution < -0.4 is 0 Å². The van der Waals surface area contributed by atoms with Gasteiger partial charge in [-0.15, -0.1) is 0 Å². The Morgan fingerprint density at radius 3 is 2.46 bits per heavy atom. The van der Waals surface area contributed by atoms with Gasteiger partial charge in [0.2, 0.25) is 0 Å². The molecular formula is C22H20F3N3. The molecule has 0 spiro atoms. The third-order valence-corrected chi connectivity index (χ3v) is 5.29. The third-order valence-electron chi connectivity index (χ3n) is 5.29. The van der Waals surface area contributed by atoms with Crippen LogP contribution in [0.25, 0.3) is 11.3 Å². The maximum atomic E-state index is 15.5. The van der Waals surface area contributed by atoms with Gasteiger partial charge in [-0.3, -0.25) is 0 Å². The van der Waals surface area contributed by atoms with E-state index in [1.54, 1.807) is 18.2 Å². The predicted octanol–water partition coefficient (Wildman–Crippen LogP) is 4.84. The summed E-state index contributed by atoms with van der Waals surface area (Å²) in [6.45, 7) is 2.91. The van der Waals surface area contributed by atoms with Crippen molar-refractivity contribution in [2.45, 2.75) is 25.8 Å². The van der Waals surface area contributed by atoms with Crippen LogP contribution in [0.3, 0.4) is 0 Å². The normalized spacial score (nSPS) is 17.2. The topological polar surface area (TPSA) is 29.0 Å². The van der Waals surface area contributed by atoms with Gasteiger partial charge in [-0.1, -0.05) is 12.1 Å². The van der Waals surface area contributed by atoms with E-state index in [-0.39, 0.29) is 11.7 Å². The van der Waals surface area contributed by atoms with Crippen LogP contribution in [0.5, 0.6) is 0 Å². The monoisotopic (exact) mass is 383 g/mol. The SMILES string of the molecule is Cc1ccc(-c2ccc3c(c2F)CN(C)CCC3c2ccc(F)cc2F)nn1. The number of halogens is 3. The zero-order chi connectivity index (χ0) is 19.8. The van der Waals surface area contributed by atoms with E-state index in [4.69, 9.17) is 0 Å². The fourth-order valence-corrected chi connectivity index (χ4v) is 3.82. The molecular weight excluding hydrogens is 363 g/mol. The first-order valence-electron chi connectivity index (χ1n) is 9.19. The van der Waals surface area contributed by atoms with Crippen LogP contribution in [0.4, 0.5) is 13.2 Å². The van der Waals surface area contributed by atoms with Crippen LogP contribution in [-0.2, 0) is 6.54 Å². The first-order valence-corrected chi connectivity index (χ1v) is 9.19. The van der Waals surface area contributed by atoms with Crippen molar-refractivity contribution in [1.82, 2.24) is 15.1 Å². The zero-order valence-corrected chi connectivity index (χ0v) is 15.7. The molecule has 0 aliphatic carbocycles. The minimum atomic E-state index is -0.619. The molecule has 1 aliphatic heterocycles. The van der Waals surface area contributed by atoms with Crippen LogP contribution in [-0.4, -0.2) is 28.7 Å². The fraction of sp³-hybridized carbons (Fsp3) is 0.273. The summed E-state index contributed by atoms with van der Waals surface area (Å²) in [5, 5.41) is 8.11. The molecule has 2 aromatic carbocycles. The lowest BCUT2D eigenvalue weighted by molar-refractivity contribution is 0.323. The third kappa shape index (κ3) is 3.40. The maximum Gasteiger partial charge on any atom is 0.137 e. The second-order valence-corrected chi connectivity index (χ2v) is 7.30. The molecule has 0 fully saturated rings. The molecule has 0 amide bonds. The smallest absolute Gasteiger partial charge is 0.137 e. The summed E-state index contributed by atoms with van der Waals surface area (Å²) in [7, 11) is 1.91. The Hall–Kier alpha value is -2.73. The number of hydrogen-bond acceptors (Lipinski definition) is 3. The molecule has 28 heavy (non-hydrogen) atoms. The summed E-state index contributed by atoms with van der Waals surface area (Å²) in [5.41, 5.74) is 3.23. The van der Waals surface area contributed by atoms with Crippen LogP contribution in [0.1, 0.15) is 34.7 Å². The Morgan fingerprint density at radius 1 is 0.964 bits per heavy atom. The fourth-order valence-electron chi connectivity index (χ4n) is 3.82. The second-order valence-electron chi connectivity index (χ2n) is 7.30. The predicted molar refractivity (Wildman–Crippen MR) is 101 cm³/mol. The lowest BCUT2D eigenvalue weighted by Gasteiger charge is -2.20. The molecule has 0 N–H and O–H groups in total. The van der Waals surface area contributed by atoms with Crippen molar-refractivity contribution in [3.63, 3.8) is 0 Å². The van der Waals surface area contributed by atoms with E-state index in [0.717, 1.165) is 17.3 Å². The lowest BCUT2D eigenvalue weighted by Crippen LogP contribution is -2.18. The number of fused-ring (bicyclic) bond motifs is 1. The maximum absolute atomic E-state index is 15.5. The van der Waals surface area contributed by atoms with Gasteiger partial charge in [0.05, 0.1) is 11.4 Å². The van der Waals surface area contributed by atoms with E-state index < -0.39 is 11.6 Å². The van der Waals surface area contributed by atoms with E-state index >= 15 is 4.39 Å². The summed E-state index contributed by atoms with van der Waals surface area (Å²) in [6, 6.07) is 10.6. The average molecular weight is 383 g/mol. The first kappa shape index (κ1) is 18.6. The Balaban J connectivity index is 1.85. The second kappa shape index (κ2) is 7.36. The van der Waals surface area contributed by atoms with Crippen molar-refractivity contribution >= 4 is 0 Å². The molecule has 4 rings (SSSR count). The van der Waals surface area contributed by atoms with Crippen molar-refractivity contribution in [3.8, 4) is 11.3 Å². The number of benzene rings is 2. The molecule has 0 saturated carbocycles. The minimum absolute atomic E-state index is 0.340. The Morgan fingerprint density at radius 2 is 1.75 bits per heavy atom. The molecule has 144 valence electrons. The minimum Gasteiger partial charge on any atom is -0.302 e. The van der Waals surface area contributed by atoms with Crippen LogP contribution >= 0.6 is 0 Å². The molecule has 2 heterocycles. The van der Waals surface area contributed by atoms with Gasteiger partial charge in [-0.2, -0.15) is 10.2 Å². The molecule has 0 radical (unpaired) electrons. The van der Waals surface area contributed by atoms with Crippen molar-refractivity contribution < 1.29 is 13.2 Å². The number of rotatable bonds is 2. The van der Waals surface area contributed by atoms with Crippen LogP contribution in [0, 0.1) is 24.4 Å². The summed E-state index contributed by atoms with van der Waals surface area (Å²) in [5.74, 6) is -1.92. The van der Waals surface area contributed by atoms with Gasteiger partial charge < -0.3 is 4.90 Å². The molecule has 1 unspecified atom stereocenters. The highest BCUT2D eigenvalue weighted by Gasteiger charge is 2.28. The summed E-state index contributed by atoms with van der Waals surface area (Å²) < 4.78 is 43.3. The summed E-state index contributed by atoms with van der Waals surface area (Å²) >= 11 is 0. The van der Waals surface area contributed by atoms with Gasteiger partial charge in [0.15, 0.2) is 0 Å². The van der Waals surface area contributed by atoms with Crippen LogP contribution in [0.2, 0.25) is 0 Å². The summed E-state index contributed by atoms with van der Waals surface area (Å²) in [4.78, 5) is 2.01. The van der Waals surface area contributed by atoms with Crippen molar-refractivity contribution in [3.05, 3.63) is 82.3 Å². The Labute approximate surface area is 161 Å². The van der Waals surface area contributed by atoms with Gasteiger partial charge in [0, 0.05) is 29.7 Å². The molecule has 0 saturated heterocycles. The molecule has 3 nitrogen and oxygen atoms in total. The van der Waals surface area contributed by atoms with E-state index in [9.17, 15) is 8.78 Å². The van der Waals surface area contributed by atoms with Gasteiger partial charge >= 0.3 is 0 Å². The highest BCUT2D eigenvalue weighted by molar-refractivity contribution is 5.62. The zero-order valence-electron chi connectivity index (χ0n) is 15.7. The van der Waals surface area contributed by atoms with E-state index in [0.29, 0.717) is 41.9 Å². The molecule has 0 bridgehead atoms. The molecule has 1 aromatic heterocycles. The number of nitrogens with zero attached hydrogens (tertiary/aromatic N) is 3. The van der Waals surface area contributed by atoms with Crippen LogP contribution in [0.15, 0.2) is 42.5 Å². The standard InChI is InChI=1S/C22H20F3N3/c1-13-3-8-21(27-26-13)18-7-6-15-16(17-5-4-14(23)11-20(17)24)9-10-28(2)12-19(15)22(18)25/h3-8,11,16H,9-10,12H2,1-2H3. The van der Waals surface area contributed by atoms with Gasteiger partial charge in [0.25, 0.3) is 0 Å². The Bertz CT molecular complexity index is 1020. The lowest BCUT2D eigenvalue weighted by atomic mass is 9.85. The molecule has 6 heteroatoms. The van der Waals surface area contributed by atoms with E-state index in [2.05, 4.69) is 10.2 Å². The Kier molecular flexibility index (Phi) is 4.89.